The highest BCUT2D eigenvalue weighted by Crippen LogP contribution is 2.34. The molecule has 1 aliphatic heterocycles. The molecule has 0 bridgehead atoms. The molecule has 2 heterocycles. The van der Waals surface area contributed by atoms with Gasteiger partial charge in [-0.15, -0.1) is 0 Å². The summed E-state index contributed by atoms with van der Waals surface area (Å²) in [4.78, 5) is 46.4. The van der Waals surface area contributed by atoms with Crippen LogP contribution in [0.25, 0.3) is 0 Å². The summed E-state index contributed by atoms with van der Waals surface area (Å²) in [6.45, 7) is 4.94. The Morgan fingerprint density at radius 2 is 1.59 bits per heavy atom. The molecule has 8 heteroatoms. The maximum absolute atomic E-state index is 14.0. The minimum Gasteiger partial charge on any atom is -0.459 e. The average Bonchev–Trinajstić information content (AvgIpc) is 3.45. The van der Waals surface area contributed by atoms with Crippen LogP contribution in [-0.2, 0) is 9.59 Å². The fourth-order valence-corrected chi connectivity index (χ4v) is 6.14. The smallest absolute Gasteiger partial charge is 0.294 e. The van der Waals surface area contributed by atoms with Gasteiger partial charge in [-0.05, 0) is 80.1 Å². The van der Waals surface area contributed by atoms with Gasteiger partial charge in [0.2, 0.25) is 11.8 Å². The molecule has 41 heavy (non-hydrogen) atoms. The van der Waals surface area contributed by atoms with Crippen molar-refractivity contribution in [2.24, 2.45) is 5.92 Å². The first-order valence-corrected chi connectivity index (χ1v) is 14.9. The fourth-order valence-electron chi connectivity index (χ4n) is 6.14. The van der Waals surface area contributed by atoms with Crippen LogP contribution < -0.4 is 15.1 Å². The highest BCUT2D eigenvalue weighted by Gasteiger charge is 2.37. The molecule has 1 unspecified atom stereocenters. The molecule has 8 nitrogen and oxygen atoms in total. The van der Waals surface area contributed by atoms with Gasteiger partial charge < -0.3 is 19.5 Å². The zero-order valence-electron chi connectivity index (χ0n) is 23.6. The monoisotopic (exact) mass is 554 g/mol. The highest BCUT2D eigenvalue weighted by molar-refractivity contribution is 6.08. The Morgan fingerprint density at radius 1 is 0.878 bits per heavy atom. The van der Waals surface area contributed by atoms with Gasteiger partial charge in [-0.25, -0.2) is 0 Å². The minimum atomic E-state index is -0.864. The lowest BCUT2D eigenvalue weighted by molar-refractivity contribution is -0.132. The summed E-state index contributed by atoms with van der Waals surface area (Å²) in [6, 6.07) is 18.1. The van der Waals surface area contributed by atoms with Crippen molar-refractivity contribution in [3.8, 4) is 0 Å². The number of anilines is 2. The number of amides is 3. The zero-order valence-corrected chi connectivity index (χ0v) is 23.6. The lowest BCUT2D eigenvalue weighted by Crippen LogP contribution is -2.49. The van der Waals surface area contributed by atoms with Crippen LogP contribution >= 0.6 is 0 Å². The van der Waals surface area contributed by atoms with Crippen molar-refractivity contribution in [2.75, 3.05) is 36.0 Å². The predicted octanol–water partition coefficient (Wildman–Crippen LogP) is 5.09. The quantitative estimate of drug-likeness (QED) is 0.419. The minimum absolute atomic E-state index is 0.113. The van der Waals surface area contributed by atoms with Gasteiger partial charge in [0.25, 0.3) is 5.91 Å². The maximum atomic E-state index is 14.0. The van der Waals surface area contributed by atoms with E-state index in [2.05, 4.69) is 10.2 Å². The van der Waals surface area contributed by atoms with E-state index in [9.17, 15) is 14.4 Å². The van der Waals surface area contributed by atoms with Crippen LogP contribution in [0.5, 0.6) is 0 Å². The van der Waals surface area contributed by atoms with Gasteiger partial charge in [-0.1, -0.05) is 37.1 Å². The third-order valence-electron chi connectivity index (χ3n) is 8.65. The number of hydrogen-bond acceptors (Lipinski definition) is 5. The second kappa shape index (κ2) is 11.8. The zero-order chi connectivity index (χ0) is 28.3. The predicted molar refractivity (Wildman–Crippen MR) is 158 cm³/mol. The van der Waals surface area contributed by atoms with Crippen molar-refractivity contribution in [3.63, 3.8) is 0 Å². The van der Waals surface area contributed by atoms with E-state index in [4.69, 9.17) is 4.42 Å². The largest absolute Gasteiger partial charge is 0.459 e. The number of nitrogens with zero attached hydrogens (tertiary/aromatic N) is 3. The molecule has 1 atom stereocenters. The van der Waals surface area contributed by atoms with E-state index < -0.39 is 6.04 Å². The molecule has 1 N–H and O–H groups in total. The van der Waals surface area contributed by atoms with Crippen LogP contribution in [0.4, 0.5) is 11.4 Å². The van der Waals surface area contributed by atoms with Crippen molar-refractivity contribution in [1.82, 2.24) is 10.2 Å². The van der Waals surface area contributed by atoms with Gasteiger partial charge in [0, 0.05) is 49.5 Å². The van der Waals surface area contributed by atoms with Gasteiger partial charge in [-0.3, -0.25) is 19.3 Å². The molecule has 2 saturated carbocycles. The molecule has 0 radical (unpaired) electrons. The number of aryl methyl sites for hydroxylation is 1. The Balaban J connectivity index is 1.30. The number of furan rings is 1. The van der Waals surface area contributed by atoms with Crippen LogP contribution in [0.2, 0.25) is 0 Å². The number of hydrogen-bond donors (Lipinski definition) is 1. The molecule has 3 aromatic rings. The number of benzene rings is 2. The summed E-state index contributed by atoms with van der Waals surface area (Å²) in [7, 11) is 0. The summed E-state index contributed by atoms with van der Waals surface area (Å²) < 4.78 is 5.53. The normalized spacial score (nSPS) is 18.3. The highest BCUT2D eigenvalue weighted by atomic mass is 16.3. The van der Waals surface area contributed by atoms with Crippen molar-refractivity contribution in [1.29, 1.82) is 0 Å². The first-order valence-electron chi connectivity index (χ1n) is 14.9. The van der Waals surface area contributed by atoms with Crippen LogP contribution in [0.1, 0.15) is 66.2 Å². The van der Waals surface area contributed by atoms with Crippen molar-refractivity contribution >= 4 is 29.1 Å². The van der Waals surface area contributed by atoms with Gasteiger partial charge in [0.05, 0.1) is 6.26 Å². The number of piperazine rings is 1. The fraction of sp³-hybridized carbons (Fsp3) is 0.424. The third-order valence-corrected chi connectivity index (χ3v) is 8.65. The van der Waals surface area contributed by atoms with Crippen LogP contribution in [0.3, 0.4) is 0 Å². The summed E-state index contributed by atoms with van der Waals surface area (Å²) in [5.41, 5.74) is 3.36. The van der Waals surface area contributed by atoms with E-state index in [1.807, 2.05) is 60.4 Å². The first-order chi connectivity index (χ1) is 20.0. The second-order valence-corrected chi connectivity index (χ2v) is 11.5. The van der Waals surface area contributed by atoms with Crippen LogP contribution in [0, 0.1) is 12.8 Å². The van der Waals surface area contributed by atoms with E-state index in [0.717, 1.165) is 81.5 Å². The molecule has 3 fully saturated rings. The van der Waals surface area contributed by atoms with Gasteiger partial charge in [-0.2, -0.15) is 0 Å². The lowest BCUT2D eigenvalue weighted by Gasteiger charge is -2.37. The summed E-state index contributed by atoms with van der Waals surface area (Å²) in [5, 5.41) is 3.24. The number of carbonyl (C=O) groups is 3. The van der Waals surface area contributed by atoms with Gasteiger partial charge in [0.15, 0.2) is 5.76 Å². The summed E-state index contributed by atoms with van der Waals surface area (Å²) in [6.07, 6.45) is 7.62. The molecule has 214 valence electrons. The topological polar surface area (TPSA) is 86.1 Å². The van der Waals surface area contributed by atoms with Crippen LogP contribution in [0.15, 0.2) is 71.3 Å². The Hall–Kier alpha value is -4.07. The van der Waals surface area contributed by atoms with Gasteiger partial charge in [0.1, 0.15) is 6.04 Å². The number of nitrogens with one attached hydrogen (secondary N) is 1. The van der Waals surface area contributed by atoms with E-state index in [-0.39, 0.29) is 29.5 Å². The Kier molecular flexibility index (Phi) is 7.81. The molecule has 3 amide bonds. The second-order valence-electron chi connectivity index (χ2n) is 11.5. The Bertz CT molecular complexity index is 1370. The SMILES string of the molecule is Cc1ccccc1C(C(=O)NC1CCCC1)N(C(=O)c1ccco1)c1ccc(N2CCN(C(=O)C3CC3)CC2)cc1. The van der Waals surface area contributed by atoms with Crippen molar-refractivity contribution < 1.29 is 18.8 Å². The summed E-state index contributed by atoms with van der Waals surface area (Å²) in [5.74, 6) is 0.157. The van der Waals surface area contributed by atoms with E-state index in [1.165, 1.54) is 6.26 Å². The molecule has 6 rings (SSSR count). The number of carbonyl (C=O) groups excluding carboxylic acids is 3. The molecule has 2 aromatic carbocycles. The molecule has 1 aromatic heterocycles. The van der Waals surface area contributed by atoms with Crippen molar-refractivity contribution in [2.45, 2.75) is 57.5 Å². The maximum Gasteiger partial charge on any atom is 0.294 e. The molecular formula is C33H38N4O4. The first kappa shape index (κ1) is 27.1. The molecule has 0 spiro atoms. The standard InChI is InChI=1S/C33H38N4O4/c1-23-7-2-5-10-28(23)30(31(38)34-25-8-3-4-9-25)37(33(40)29-11-6-22-41-29)27-16-14-26(15-17-27)35-18-20-36(21-19-35)32(39)24-12-13-24/h2,5-7,10-11,14-17,22,24-25,30H,3-4,8-9,12-13,18-21H2,1H3,(H,34,38). The van der Waals surface area contributed by atoms with Crippen LogP contribution in [-0.4, -0.2) is 54.8 Å². The Morgan fingerprint density at radius 3 is 2.22 bits per heavy atom. The van der Waals surface area contributed by atoms with Crippen molar-refractivity contribution in [3.05, 3.63) is 83.8 Å². The lowest BCUT2D eigenvalue weighted by atomic mass is 9.97. The Labute approximate surface area is 241 Å². The third kappa shape index (κ3) is 5.87. The van der Waals surface area contributed by atoms with E-state index >= 15 is 0 Å². The molecule has 2 aliphatic carbocycles. The molecule has 3 aliphatic rings. The van der Waals surface area contributed by atoms with E-state index in [0.29, 0.717) is 11.6 Å². The van der Waals surface area contributed by atoms with Gasteiger partial charge >= 0.3 is 0 Å². The summed E-state index contributed by atoms with van der Waals surface area (Å²) >= 11 is 0. The van der Waals surface area contributed by atoms with E-state index in [1.54, 1.807) is 17.0 Å². The number of rotatable bonds is 8. The molecular weight excluding hydrogens is 516 g/mol. The molecule has 1 saturated heterocycles. The average molecular weight is 555 g/mol.